The number of rotatable bonds is 1. The Morgan fingerprint density at radius 1 is 1.21 bits per heavy atom. The predicted octanol–water partition coefficient (Wildman–Crippen LogP) is 2.41. The molecule has 0 N–H and O–H groups in total. The number of benzene rings is 1. The van der Waals surface area contributed by atoms with E-state index >= 15 is 0 Å². The van der Waals surface area contributed by atoms with Crippen LogP contribution in [-0.4, -0.2) is 48.6 Å². The zero-order valence-electron chi connectivity index (χ0n) is 10.4. The molecule has 2 aliphatic heterocycles. The van der Waals surface area contributed by atoms with Crippen molar-refractivity contribution in [3.8, 4) is 11.5 Å². The van der Waals surface area contributed by atoms with Crippen LogP contribution in [0.5, 0.6) is 11.5 Å². The molecule has 0 bridgehead atoms. The van der Waals surface area contributed by atoms with Gasteiger partial charge in [-0.3, -0.25) is 4.79 Å². The van der Waals surface area contributed by atoms with Crippen molar-refractivity contribution in [3.63, 3.8) is 0 Å². The minimum Gasteiger partial charge on any atom is -0.486 e. The monoisotopic (exact) mass is 343 g/mol. The molecular weight excluding hydrogens is 330 g/mol. The molecule has 1 aromatic carbocycles. The van der Waals surface area contributed by atoms with E-state index in [2.05, 4.69) is 15.9 Å². The molecule has 1 amide bonds. The normalized spacial score (nSPS) is 18.3. The highest BCUT2D eigenvalue weighted by molar-refractivity contribution is 9.10. The number of halogens is 1. The number of nitrogens with zero attached hydrogens (tertiary/aromatic N) is 1. The SMILES string of the molecule is O=C(c1cc(Br)c2c(c1)OCCO2)N1CCSCC1. The van der Waals surface area contributed by atoms with E-state index < -0.39 is 0 Å². The van der Waals surface area contributed by atoms with E-state index in [-0.39, 0.29) is 5.91 Å². The van der Waals surface area contributed by atoms with Crippen LogP contribution in [0, 0.1) is 0 Å². The molecule has 102 valence electrons. The molecule has 0 radical (unpaired) electrons. The average molecular weight is 344 g/mol. The van der Waals surface area contributed by atoms with Crippen LogP contribution < -0.4 is 9.47 Å². The minimum atomic E-state index is 0.0676. The fourth-order valence-corrected chi connectivity index (χ4v) is 3.64. The first kappa shape index (κ1) is 13.1. The molecule has 1 fully saturated rings. The lowest BCUT2D eigenvalue weighted by Crippen LogP contribution is -2.37. The lowest BCUT2D eigenvalue weighted by atomic mass is 10.1. The molecule has 0 aliphatic carbocycles. The van der Waals surface area contributed by atoms with Crippen molar-refractivity contribution in [2.75, 3.05) is 37.8 Å². The van der Waals surface area contributed by atoms with Crippen LogP contribution >= 0.6 is 27.7 Å². The number of carbonyl (C=O) groups excluding carboxylic acids is 1. The van der Waals surface area contributed by atoms with Gasteiger partial charge in [-0.2, -0.15) is 11.8 Å². The lowest BCUT2D eigenvalue weighted by Gasteiger charge is -2.27. The summed E-state index contributed by atoms with van der Waals surface area (Å²) in [6.07, 6.45) is 0. The highest BCUT2D eigenvalue weighted by Crippen LogP contribution is 2.38. The summed E-state index contributed by atoms with van der Waals surface area (Å²) in [6, 6.07) is 3.60. The number of amides is 1. The van der Waals surface area contributed by atoms with Gasteiger partial charge in [0, 0.05) is 30.2 Å². The summed E-state index contributed by atoms with van der Waals surface area (Å²) in [5.41, 5.74) is 0.656. The first-order chi connectivity index (χ1) is 9.25. The zero-order valence-corrected chi connectivity index (χ0v) is 12.8. The number of carbonyl (C=O) groups is 1. The van der Waals surface area contributed by atoms with Crippen molar-refractivity contribution in [3.05, 3.63) is 22.2 Å². The van der Waals surface area contributed by atoms with Gasteiger partial charge in [0.05, 0.1) is 4.47 Å². The van der Waals surface area contributed by atoms with Crippen LogP contribution in [-0.2, 0) is 0 Å². The van der Waals surface area contributed by atoms with E-state index in [4.69, 9.17) is 9.47 Å². The maximum absolute atomic E-state index is 12.4. The van der Waals surface area contributed by atoms with Gasteiger partial charge in [0.15, 0.2) is 11.5 Å². The fourth-order valence-electron chi connectivity index (χ4n) is 2.18. The molecule has 0 spiro atoms. The fraction of sp³-hybridized carbons (Fsp3) is 0.462. The highest BCUT2D eigenvalue weighted by Gasteiger charge is 2.23. The Morgan fingerprint density at radius 2 is 1.95 bits per heavy atom. The molecule has 0 unspecified atom stereocenters. The molecule has 2 heterocycles. The summed E-state index contributed by atoms with van der Waals surface area (Å²) in [7, 11) is 0. The van der Waals surface area contributed by atoms with Crippen molar-refractivity contribution >= 4 is 33.6 Å². The molecule has 19 heavy (non-hydrogen) atoms. The standard InChI is InChI=1S/C13H14BrNO3S/c14-10-7-9(8-11-12(10)18-4-3-17-11)13(16)15-1-5-19-6-2-15/h7-8H,1-6H2. The Morgan fingerprint density at radius 3 is 2.74 bits per heavy atom. The minimum absolute atomic E-state index is 0.0676. The maximum Gasteiger partial charge on any atom is 0.254 e. The molecule has 2 aliphatic rings. The summed E-state index contributed by atoms with van der Waals surface area (Å²) in [4.78, 5) is 14.3. The first-order valence-corrected chi connectivity index (χ1v) is 8.16. The topological polar surface area (TPSA) is 38.8 Å². The van der Waals surface area contributed by atoms with Gasteiger partial charge in [-0.1, -0.05) is 0 Å². The molecule has 0 aromatic heterocycles. The van der Waals surface area contributed by atoms with Crippen LogP contribution in [0.3, 0.4) is 0 Å². The van der Waals surface area contributed by atoms with Crippen LogP contribution in [0.15, 0.2) is 16.6 Å². The average Bonchev–Trinajstić information content (AvgIpc) is 2.47. The molecule has 0 saturated carbocycles. The third-order valence-corrected chi connectivity index (χ3v) is 4.67. The second-order valence-corrected chi connectivity index (χ2v) is 6.47. The van der Waals surface area contributed by atoms with Gasteiger partial charge < -0.3 is 14.4 Å². The molecule has 0 atom stereocenters. The summed E-state index contributed by atoms with van der Waals surface area (Å²) in [5.74, 6) is 3.43. The number of thioether (sulfide) groups is 1. The number of ether oxygens (including phenoxy) is 2. The van der Waals surface area contributed by atoms with Gasteiger partial charge >= 0.3 is 0 Å². The number of hydrogen-bond donors (Lipinski definition) is 0. The molecule has 4 nitrogen and oxygen atoms in total. The van der Waals surface area contributed by atoms with E-state index in [1.54, 1.807) is 6.07 Å². The smallest absolute Gasteiger partial charge is 0.254 e. The van der Waals surface area contributed by atoms with E-state index in [9.17, 15) is 4.79 Å². The molecular formula is C13H14BrNO3S. The summed E-state index contributed by atoms with van der Waals surface area (Å²) in [6.45, 7) is 2.70. The van der Waals surface area contributed by atoms with Crippen LogP contribution in [0.25, 0.3) is 0 Å². The summed E-state index contributed by atoms with van der Waals surface area (Å²) >= 11 is 5.33. The predicted molar refractivity (Wildman–Crippen MR) is 78.4 cm³/mol. The summed E-state index contributed by atoms with van der Waals surface area (Å²) < 4.78 is 11.9. The Bertz CT molecular complexity index is 503. The van der Waals surface area contributed by atoms with Crippen molar-refractivity contribution < 1.29 is 14.3 Å². The van der Waals surface area contributed by atoms with Crippen molar-refractivity contribution in [1.82, 2.24) is 4.90 Å². The second kappa shape index (κ2) is 5.63. The van der Waals surface area contributed by atoms with Gasteiger partial charge in [0.2, 0.25) is 0 Å². The third-order valence-electron chi connectivity index (χ3n) is 3.14. The molecule has 6 heteroatoms. The molecule has 1 aromatic rings. The Kier molecular flexibility index (Phi) is 3.88. The number of hydrogen-bond acceptors (Lipinski definition) is 4. The van der Waals surface area contributed by atoms with E-state index in [0.29, 0.717) is 30.3 Å². The Labute approximate surface area is 124 Å². The van der Waals surface area contributed by atoms with Gasteiger partial charge in [0.1, 0.15) is 13.2 Å². The maximum atomic E-state index is 12.4. The van der Waals surface area contributed by atoms with E-state index in [0.717, 1.165) is 29.1 Å². The number of fused-ring (bicyclic) bond motifs is 1. The zero-order chi connectivity index (χ0) is 13.2. The summed E-state index contributed by atoms with van der Waals surface area (Å²) in [5, 5.41) is 0. The van der Waals surface area contributed by atoms with Crippen molar-refractivity contribution in [2.45, 2.75) is 0 Å². The van der Waals surface area contributed by atoms with Crippen LogP contribution in [0.1, 0.15) is 10.4 Å². The largest absolute Gasteiger partial charge is 0.486 e. The highest BCUT2D eigenvalue weighted by atomic mass is 79.9. The lowest BCUT2D eigenvalue weighted by molar-refractivity contribution is 0.0771. The third kappa shape index (κ3) is 2.69. The second-order valence-electron chi connectivity index (χ2n) is 4.39. The van der Waals surface area contributed by atoms with Crippen molar-refractivity contribution in [2.24, 2.45) is 0 Å². The van der Waals surface area contributed by atoms with E-state index in [1.807, 2.05) is 22.7 Å². The van der Waals surface area contributed by atoms with Crippen LogP contribution in [0.4, 0.5) is 0 Å². The van der Waals surface area contributed by atoms with Gasteiger partial charge in [0.25, 0.3) is 5.91 Å². The van der Waals surface area contributed by atoms with Crippen molar-refractivity contribution in [1.29, 1.82) is 0 Å². The van der Waals surface area contributed by atoms with Gasteiger partial charge in [-0.15, -0.1) is 0 Å². The first-order valence-electron chi connectivity index (χ1n) is 6.22. The van der Waals surface area contributed by atoms with Crippen LogP contribution in [0.2, 0.25) is 0 Å². The molecule has 3 rings (SSSR count). The Balaban J connectivity index is 1.88. The van der Waals surface area contributed by atoms with E-state index in [1.165, 1.54) is 0 Å². The Hall–Kier alpha value is -0.880. The van der Waals surface area contributed by atoms with Gasteiger partial charge in [-0.05, 0) is 28.1 Å². The molecule has 1 saturated heterocycles. The van der Waals surface area contributed by atoms with Gasteiger partial charge in [-0.25, -0.2) is 0 Å². The quantitative estimate of drug-likeness (QED) is 0.784.